The monoisotopic (exact) mass is 420 g/mol. The second-order valence-electron chi connectivity index (χ2n) is 9.48. The molecule has 0 bridgehead atoms. The van der Waals surface area contributed by atoms with Gasteiger partial charge in [0.15, 0.2) is 0 Å². The molecule has 160 valence electrons. The van der Waals surface area contributed by atoms with Crippen LogP contribution in [-0.2, 0) is 4.74 Å². The molecular formula is C24H25FN4O2. The van der Waals surface area contributed by atoms with Gasteiger partial charge in [-0.15, -0.1) is 0 Å². The van der Waals surface area contributed by atoms with Gasteiger partial charge in [0, 0.05) is 41.8 Å². The number of hydrogen-bond acceptors (Lipinski definition) is 4. The largest absolute Gasteiger partial charge is 0.444 e. The molecule has 2 saturated heterocycles. The number of fused-ring (bicyclic) bond motifs is 4. The van der Waals surface area contributed by atoms with Gasteiger partial charge in [-0.2, -0.15) is 5.26 Å². The van der Waals surface area contributed by atoms with Crippen LogP contribution in [0.1, 0.15) is 32.8 Å². The number of likely N-dealkylation sites (tertiary alicyclic amines) is 1. The smallest absolute Gasteiger partial charge is 0.410 e. The van der Waals surface area contributed by atoms with Crippen molar-refractivity contribution in [2.45, 2.75) is 38.8 Å². The number of ether oxygens (including phenoxy) is 1. The minimum Gasteiger partial charge on any atom is -0.444 e. The van der Waals surface area contributed by atoms with Gasteiger partial charge >= 0.3 is 6.09 Å². The second-order valence-corrected chi connectivity index (χ2v) is 9.48. The molecule has 0 radical (unpaired) electrons. The van der Waals surface area contributed by atoms with Crippen molar-refractivity contribution < 1.29 is 13.9 Å². The molecule has 5 rings (SSSR count). The van der Waals surface area contributed by atoms with E-state index in [-0.39, 0.29) is 18.1 Å². The van der Waals surface area contributed by atoms with Crippen LogP contribution in [0.3, 0.4) is 0 Å². The van der Waals surface area contributed by atoms with Crippen LogP contribution in [0.4, 0.5) is 14.9 Å². The first-order valence-corrected chi connectivity index (χ1v) is 10.6. The fourth-order valence-electron chi connectivity index (χ4n) is 5.07. The van der Waals surface area contributed by atoms with E-state index in [2.05, 4.69) is 11.1 Å². The Kier molecular flexibility index (Phi) is 4.37. The Morgan fingerprint density at radius 1 is 1.29 bits per heavy atom. The summed E-state index contributed by atoms with van der Waals surface area (Å²) in [7, 11) is 0. The Bertz CT molecular complexity index is 1240. The number of nitrogens with one attached hydrogen (secondary N) is 1. The van der Waals surface area contributed by atoms with Gasteiger partial charge in [0.25, 0.3) is 0 Å². The van der Waals surface area contributed by atoms with E-state index < -0.39 is 11.4 Å². The summed E-state index contributed by atoms with van der Waals surface area (Å²) in [6.07, 6.45) is 0.564. The number of carbonyl (C=O) groups excluding carboxylic acids is 1. The molecule has 0 spiro atoms. The summed E-state index contributed by atoms with van der Waals surface area (Å²) >= 11 is 0. The average Bonchev–Trinajstić information content (AvgIpc) is 3.38. The number of H-pyrrole nitrogens is 1. The molecule has 2 aliphatic heterocycles. The van der Waals surface area contributed by atoms with Gasteiger partial charge in [-0.05, 0) is 39.3 Å². The highest BCUT2D eigenvalue weighted by atomic mass is 19.1. The second kappa shape index (κ2) is 6.88. The third-order valence-corrected chi connectivity index (χ3v) is 6.32. The van der Waals surface area contributed by atoms with Gasteiger partial charge in [0.05, 0.1) is 22.8 Å². The number of nitrogens with zero attached hydrogens (tertiary/aromatic N) is 3. The van der Waals surface area contributed by atoms with E-state index in [1.165, 1.54) is 6.07 Å². The molecule has 2 aliphatic rings. The zero-order chi connectivity index (χ0) is 21.9. The summed E-state index contributed by atoms with van der Waals surface area (Å²) in [5, 5.41) is 11.2. The highest BCUT2D eigenvalue weighted by molar-refractivity contribution is 6.15. The summed E-state index contributed by atoms with van der Waals surface area (Å²) in [5.74, 6) is -0.139. The first-order valence-electron chi connectivity index (χ1n) is 10.6. The van der Waals surface area contributed by atoms with Crippen molar-refractivity contribution in [2.75, 3.05) is 24.5 Å². The topological polar surface area (TPSA) is 72.4 Å². The number of nitriles is 1. The molecular weight excluding hydrogens is 395 g/mol. The quantitative estimate of drug-likeness (QED) is 0.615. The lowest BCUT2D eigenvalue weighted by atomic mass is 10.0. The first-order chi connectivity index (χ1) is 14.8. The van der Waals surface area contributed by atoms with Crippen molar-refractivity contribution >= 4 is 33.6 Å². The molecule has 31 heavy (non-hydrogen) atoms. The van der Waals surface area contributed by atoms with Crippen molar-refractivity contribution in [3.63, 3.8) is 0 Å². The Morgan fingerprint density at radius 2 is 2.06 bits per heavy atom. The number of halogens is 1. The molecule has 3 heterocycles. The molecule has 2 atom stereocenters. The number of aromatic amines is 1. The molecule has 0 saturated carbocycles. The zero-order valence-electron chi connectivity index (χ0n) is 17.9. The van der Waals surface area contributed by atoms with Gasteiger partial charge < -0.3 is 19.5 Å². The van der Waals surface area contributed by atoms with E-state index in [9.17, 15) is 10.1 Å². The van der Waals surface area contributed by atoms with Crippen LogP contribution in [0.5, 0.6) is 0 Å². The number of aromatic nitrogens is 1. The molecule has 2 aromatic carbocycles. The van der Waals surface area contributed by atoms with E-state index in [0.29, 0.717) is 36.4 Å². The Hall–Kier alpha value is -3.27. The lowest BCUT2D eigenvalue weighted by molar-refractivity contribution is 0.0229. The van der Waals surface area contributed by atoms with Gasteiger partial charge in [0.1, 0.15) is 17.5 Å². The number of carbonyl (C=O) groups is 1. The zero-order valence-corrected chi connectivity index (χ0v) is 17.9. The van der Waals surface area contributed by atoms with Crippen molar-refractivity contribution in [2.24, 2.45) is 5.92 Å². The molecule has 1 aromatic heterocycles. The number of para-hydroxylation sites is 1. The van der Waals surface area contributed by atoms with Crippen molar-refractivity contribution in [3.8, 4) is 6.07 Å². The van der Waals surface area contributed by atoms with Crippen LogP contribution in [0.2, 0.25) is 0 Å². The summed E-state index contributed by atoms with van der Waals surface area (Å²) in [5.41, 5.74) is 1.77. The SMILES string of the molecule is CC(C)(C)OC(=O)N1CCC2CN(c3c(F)cc(C#N)c4[nH]c5ccccc5c34)CC21. The van der Waals surface area contributed by atoms with Crippen LogP contribution in [-0.4, -0.2) is 47.3 Å². The third-order valence-electron chi connectivity index (χ3n) is 6.32. The van der Waals surface area contributed by atoms with E-state index in [0.717, 1.165) is 22.7 Å². The first kappa shape index (κ1) is 19.7. The van der Waals surface area contributed by atoms with Crippen LogP contribution < -0.4 is 4.90 Å². The summed E-state index contributed by atoms with van der Waals surface area (Å²) in [6, 6.07) is 11.1. The minimum absolute atomic E-state index is 0.00912. The lowest BCUT2D eigenvalue weighted by Crippen LogP contribution is -2.42. The van der Waals surface area contributed by atoms with Gasteiger partial charge in [-0.3, -0.25) is 0 Å². The van der Waals surface area contributed by atoms with Crippen LogP contribution in [0.25, 0.3) is 21.8 Å². The predicted octanol–water partition coefficient (Wildman–Crippen LogP) is 4.78. The fourth-order valence-corrected chi connectivity index (χ4v) is 5.07. The number of amides is 1. The Balaban J connectivity index is 1.55. The van der Waals surface area contributed by atoms with Crippen molar-refractivity contribution in [1.82, 2.24) is 9.88 Å². The molecule has 1 amide bonds. The number of hydrogen-bond donors (Lipinski definition) is 1. The summed E-state index contributed by atoms with van der Waals surface area (Å²) < 4.78 is 21.0. The number of anilines is 1. The predicted molar refractivity (Wildman–Crippen MR) is 118 cm³/mol. The van der Waals surface area contributed by atoms with E-state index in [1.807, 2.05) is 49.9 Å². The van der Waals surface area contributed by atoms with Gasteiger partial charge in [0.2, 0.25) is 0 Å². The van der Waals surface area contributed by atoms with Crippen LogP contribution >= 0.6 is 0 Å². The van der Waals surface area contributed by atoms with Crippen LogP contribution in [0.15, 0.2) is 30.3 Å². The molecule has 0 aliphatic carbocycles. The molecule has 1 N–H and O–H groups in total. The fraction of sp³-hybridized carbons (Fsp3) is 0.417. The summed E-state index contributed by atoms with van der Waals surface area (Å²) in [4.78, 5) is 19.8. The normalized spacial score (nSPS) is 21.0. The minimum atomic E-state index is -0.553. The maximum Gasteiger partial charge on any atom is 0.410 e. The number of rotatable bonds is 1. The number of benzene rings is 2. The molecule has 6 nitrogen and oxygen atoms in total. The molecule has 7 heteroatoms. The standard InChI is InChI=1S/C24H25FN4O2/c1-24(2,3)31-23(30)29-9-8-14-12-28(13-19(14)29)22-17(25)10-15(11-26)21-20(22)16-6-4-5-7-18(16)27-21/h4-7,10,14,19,27H,8-9,12-13H2,1-3H3. The maximum atomic E-state index is 15.4. The Morgan fingerprint density at radius 3 is 2.81 bits per heavy atom. The van der Waals surface area contributed by atoms with E-state index >= 15 is 4.39 Å². The van der Waals surface area contributed by atoms with E-state index in [1.54, 1.807) is 4.90 Å². The van der Waals surface area contributed by atoms with Crippen molar-refractivity contribution in [3.05, 3.63) is 41.7 Å². The summed E-state index contributed by atoms with van der Waals surface area (Å²) in [6.45, 7) is 7.46. The van der Waals surface area contributed by atoms with Gasteiger partial charge in [-0.25, -0.2) is 9.18 Å². The third kappa shape index (κ3) is 3.18. The highest BCUT2D eigenvalue weighted by Crippen LogP contribution is 2.42. The molecule has 2 fully saturated rings. The highest BCUT2D eigenvalue weighted by Gasteiger charge is 2.45. The average molecular weight is 420 g/mol. The van der Waals surface area contributed by atoms with Crippen molar-refractivity contribution in [1.29, 1.82) is 5.26 Å². The maximum absolute atomic E-state index is 15.4. The lowest BCUT2D eigenvalue weighted by Gasteiger charge is -2.29. The van der Waals surface area contributed by atoms with Crippen LogP contribution in [0, 0.1) is 23.1 Å². The van der Waals surface area contributed by atoms with Gasteiger partial charge in [-0.1, -0.05) is 18.2 Å². The Labute approximate surface area is 180 Å². The van der Waals surface area contributed by atoms with E-state index in [4.69, 9.17) is 4.74 Å². The molecule has 2 unspecified atom stereocenters. The molecule has 3 aromatic rings.